The van der Waals surface area contributed by atoms with E-state index in [-0.39, 0.29) is 5.91 Å². The van der Waals surface area contributed by atoms with Crippen molar-refractivity contribution in [3.8, 4) is 16.2 Å². The number of rotatable bonds is 6. The second-order valence-corrected chi connectivity index (χ2v) is 10.3. The number of anilines is 1. The van der Waals surface area contributed by atoms with E-state index in [1.165, 1.54) is 16.1 Å². The zero-order valence-electron chi connectivity index (χ0n) is 18.8. The summed E-state index contributed by atoms with van der Waals surface area (Å²) in [4.78, 5) is 18.7. The van der Waals surface area contributed by atoms with Crippen LogP contribution in [0.15, 0.2) is 48.5 Å². The first-order chi connectivity index (χ1) is 16.1. The molecule has 2 aliphatic heterocycles. The molecule has 33 heavy (non-hydrogen) atoms. The van der Waals surface area contributed by atoms with Crippen molar-refractivity contribution in [1.82, 2.24) is 5.32 Å². The van der Waals surface area contributed by atoms with Crippen molar-refractivity contribution in [2.75, 3.05) is 44.2 Å². The Kier molecular flexibility index (Phi) is 6.58. The maximum atomic E-state index is 12.8. The second-order valence-electron chi connectivity index (χ2n) is 8.78. The zero-order chi connectivity index (χ0) is 22.8. The van der Waals surface area contributed by atoms with E-state index in [1.54, 1.807) is 16.2 Å². The van der Waals surface area contributed by atoms with Gasteiger partial charge >= 0.3 is 0 Å². The normalized spacial score (nSPS) is 15.5. The molecule has 2 N–H and O–H groups in total. The zero-order valence-corrected chi connectivity index (χ0v) is 20.4. The number of halogens is 1. The molecule has 1 fully saturated rings. The molecule has 0 aliphatic carbocycles. The predicted molar refractivity (Wildman–Crippen MR) is 135 cm³/mol. The van der Waals surface area contributed by atoms with Gasteiger partial charge < -0.3 is 19.9 Å². The van der Waals surface area contributed by atoms with Gasteiger partial charge in [-0.25, -0.2) is 0 Å². The molecule has 7 heteroatoms. The van der Waals surface area contributed by atoms with Gasteiger partial charge in [0.05, 0.1) is 37.6 Å². The molecule has 2 aliphatic rings. The lowest BCUT2D eigenvalue weighted by Gasteiger charge is -2.33. The number of thiophene rings is 1. The first-order valence-corrected chi connectivity index (χ1v) is 12.8. The fourth-order valence-electron chi connectivity index (χ4n) is 4.70. The van der Waals surface area contributed by atoms with E-state index in [0.717, 1.165) is 65.9 Å². The summed E-state index contributed by atoms with van der Waals surface area (Å²) < 4.78 is 5.89. The van der Waals surface area contributed by atoms with E-state index >= 15 is 0 Å². The lowest BCUT2D eigenvalue weighted by atomic mass is 10.0. The van der Waals surface area contributed by atoms with Crippen LogP contribution in [0, 0.1) is 6.92 Å². The highest BCUT2D eigenvalue weighted by Gasteiger charge is 2.24. The highest BCUT2D eigenvalue weighted by molar-refractivity contribution is 7.17. The Bertz CT molecular complexity index is 1150. The summed E-state index contributed by atoms with van der Waals surface area (Å²) in [6.07, 6.45) is 0.981. The summed E-state index contributed by atoms with van der Waals surface area (Å²) in [6, 6.07) is 16.2. The Balaban J connectivity index is 1.09. The third-order valence-corrected chi connectivity index (χ3v) is 7.94. The highest BCUT2D eigenvalue weighted by atomic mass is 35.5. The Labute approximate surface area is 203 Å². The highest BCUT2D eigenvalue weighted by Crippen LogP contribution is 2.44. The summed E-state index contributed by atoms with van der Waals surface area (Å²) in [6.45, 7) is 8.68. The summed E-state index contributed by atoms with van der Waals surface area (Å²) in [7, 11) is 0. The first-order valence-electron chi connectivity index (χ1n) is 11.6. The predicted octanol–water partition coefficient (Wildman–Crippen LogP) is 3.79. The van der Waals surface area contributed by atoms with Crippen molar-refractivity contribution in [3.63, 3.8) is 0 Å². The van der Waals surface area contributed by atoms with Gasteiger partial charge in [-0.2, -0.15) is 0 Å². The fraction of sp³-hybridized carbons (Fsp3) is 0.346. The summed E-state index contributed by atoms with van der Waals surface area (Å²) in [5.41, 5.74) is 4.62. The molecule has 5 nitrogen and oxygen atoms in total. The van der Waals surface area contributed by atoms with Gasteiger partial charge in [0.15, 0.2) is 0 Å². The monoisotopic (exact) mass is 482 g/mol. The van der Waals surface area contributed by atoms with Gasteiger partial charge in [-0.15, -0.1) is 11.3 Å². The molecule has 2 aromatic carbocycles. The number of benzene rings is 2. The molecule has 1 amide bonds. The molecule has 1 aromatic heterocycles. The van der Waals surface area contributed by atoms with Gasteiger partial charge in [-0.1, -0.05) is 29.8 Å². The van der Waals surface area contributed by atoms with Gasteiger partial charge in [0.25, 0.3) is 5.91 Å². The van der Waals surface area contributed by atoms with Crippen LogP contribution in [0.4, 0.5) is 5.69 Å². The maximum Gasteiger partial charge on any atom is 0.261 e. The van der Waals surface area contributed by atoms with Crippen LogP contribution in [0.5, 0.6) is 5.75 Å². The topological polar surface area (TPSA) is 46.0 Å². The average Bonchev–Trinajstić information content (AvgIpc) is 3.27. The number of fused-ring (bicyclic) bond motifs is 3. The van der Waals surface area contributed by atoms with Crippen molar-refractivity contribution in [3.05, 3.63) is 69.6 Å². The van der Waals surface area contributed by atoms with Crippen LogP contribution < -0.4 is 19.9 Å². The molecule has 0 radical (unpaired) electrons. The molecule has 1 saturated heterocycles. The Morgan fingerprint density at radius 1 is 1.18 bits per heavy atom. The lowest BCUT2D eigenvalue weighted by Crippen LogP contribution is -3.15. The smallest absolute Gasteiger partial charge is 0.261 e. The molecule has 5 rings (SSSR count). The van der Waals surface area contributed by atoms with E-state index in [2.05, 4.69) is 29.3 Å². The van der Waals surface area contributed by atoms with Crippen molar-refractivity contribution in [2.24, 2.45) is 0 Å². The molecule has 0 saturated carbocycles. The van der Waals surface area contributed by atoms with Crippen LogP contribution in [0.3, 0.4) is 0 Å². The van der Waals surface area contributed by atoms with Gasteiger partial charge in [0.2, 0.25) is 0 Å². The van der Waals surface area contributed by atoms with Crippen LogP contribution in [0.1, 0.15) is 27.2 Å². The van der Waals surface area contributed by atoms with Crippen LogP contribution in [0.2, 0.25) is 5.02 Å². The van der Waals surface area contributed by atoms with E-state index in [9.17, 15) is 4.79 Å². The number of aryl methyl sites for hydroxylation is 1. The summed E-state index contributed by atoms with van der Waals surface area (Å²) in [5, 5.41) is 3.91. The number of carbonyl (C=O) groups is 1. The average molecular weight is 483 g/mol. The summed E-state index contributed by atoms with van der Waals surface area (Å²) >= 11 is 7.71. The van der Waals surface area contributed by atoms with Crippen LogP contribution >= 0.6 is 22.9 Å². The SMILES string of the molecule is Cc1cccc2c1-c1sc(C(=O)NCCC[NH+]3CCN(c4cccc(Cl)c4)CC3)cc1CO2. The van der Waals surface area contributed by atoms with Gasteiger partial charge in [-0.05, 0) is 42.8 Å². The minimum absolute atomic E-state index is 0.0188. The number of ether oxygens (including phenoxy) is 1. The molecular weight excluding hydrogens is 454 g/mol. The molecule has 3 heterocycles. The second kappa shape index (κ2) is 9.75. The molecule has 0 unspecified atom stereocenters. The Morgan fingerprint density at radius 3 is 2.82 bits per heavy atom. The molecule has 0 atom stereocenters. The van der Waals surface area contributed by atoms with Crippen molar-refractivity contribution < 1.29 is 14.4 Å². The largest absolute Gasteiger partial charge is 0.488 e. The number of nitrogens with zero attached hydrogens (tertiary/aromatic N) is 1. The molecule has 3 aromatic rings. The Morgan fingerprint density at radius 2 is 2.00 bits per heavy atom. The van der Waals surface area contributed by atoms with Crippen LogP contribution in [0.25, 0.3) is 10.4 Å². The standard InChI is InChI=1S/C26H28ClN3O2S/c1-18-5-2-8-22-24(18)25-19(17-32-22)15-23(33-25)26(31)28-9-4-10-29-11-13-30(14-12-29)21-7-3-6-20(27)16-21/h2-3,5-8,15-16H,4,9-14,17H2,1H3,(H,28,31)/p+1. The molecule has 172 valence electrons. The first kappa shape index (κ1) is 22.3. The van der Waals surface area contributed by atoms with E-state index in [1.807, 2.05) is 36.4 Å². The number of hydrogen-bond acceptors (Lipinski definition) is 4. The van der Waals surface area contributed by atoms with Gasteiger partial charge in [0.1, 0.15) is 12.4 Å². The number of nitrogens with one attached hydrogen (secondary N) is 2. The van der Waals surface area contributed by atoms with Crippen LogP contribution in [-0.4, -0.2) is 45.2 Å². The third kappa shape index (κ3) is 4.88. The minimum atomic E-state index is 0.0188. The molecule has 0 bridgehead atoms. The van der Waals surface area contributed by atoms with E-state index < -0.39 is 0 Å². The van der Waals surface area contributed by atoms with Crippen molar-refractivity contribution in [2.45, 2.75) is 20.0 Å². The fourth-order valence-corrected chi connectivity index (χ4v) is 6.08. The number of carbonyl (C=O) groups excluding carboxylic acids is 1. The third-order valence-electron chi connectivity index (χ3n) is 6.51. The number of hydrogen-bond donors (Lipinski definition) is 2. The minimum Gasteiger partial charge on any atom is -0.488 e. The quantitative estimate of drug-likeness (QED) is 0.525. The van der Waals surface area contributed by atoms with Crippen molar-refractivity contribution in [1.29, 1.82) is 0 Å². The van der Waals surface area contributed by atoms with Gasteiger partial charge in [-0.3, -0.25) is 4.79 Å². The maximum absolute atomic E-state index is 12.8. The number of piperazine rings is 1. The van der Waals surface area contributed by atoms with Crippen molar-refractivity contribution >= 4 is 34.5 Å². The number of amides is 1. The van der Waals surface area contributed by atoms with E-state index in [4.69, 9.17) is 16.3 Å². The lowest BCUT2D eigenvalue weighted by molar-refractivity contribution is -0.900. The van der Waals surface area contributed by atoms with Crippen LogP contribution in [-0.2, 0) is 6.61 Å². The molecular formula is C26H29ClN3O2S+. The van der Waals surface area contributed by atoms with Gasteiger partial charge in [0, 0.05) is 39.7 Å². The Hall–Kier alpha value is -2.54. The molecule has 0 spiro atoms. The summed E-state index contributed by atoms with van der Waals surface area (Å²) in [5.74, 6) is 0.931. The van der Waals surface area contributed by atoms with E-state index in [0.29, 0.717) is 13.2 Å². The number of quaternary nitrogens is 1.